The van der Waals surface area contributed by atoms with Gasteiger partial charge in [-0.1, -0.05) is 6.07 Å². The number of hydrogen-bond donors (Lipinski definition) is 1. The average Bonchev–Trinajstić information content (AvgIpc) is 2.39. The molecular weight excluding hydrogens is 248 g/mol. The molecule has 0 amide bonds. The van der Waals surface area contributed by atoms with Gasteiger partial charge in [-0.15, -0.1) is 0 Å². The molecule has 0 saturated heterocycles. The van der Waals surface area contributed by atoms with Crippen LogP contribution in [0.2, 0.25) is 0 Å². The molecule has 6 nitrogen and oxygen atoms in total. The molecule has 2 rings (SSSR count). The number of fused-ring (bicyclic) bond motifs is 1. The van der Waals surface area contributed by atoms with Crippen LogP contribution in [0.1, 0.15) is 0 Å². The van der Waals surface area contributed by atoms with Crippen molar-refractivity contribution in [3.8, 4) is 5.75 Å². The number of esters is 1. The van der Waals surface area contributed by atoms with Gasteiger partial charge in [0.05, 0.1) is 18.8 Å². The zero-order valence-corrected chi connectivity index (χ0v) is 10.9. The van der Waals surface area contributed by atoms with Gasteiger partial charge >= 0.3 is 5.97 Å². The van der Waals surface area contributed by atoms with Gasteiger partial charge in [-0.2, -0.15) is 0 Å². The number of para-hydroxylation sites is 1. The van der Waals surface area contributed by atoms with E-state index in [2.05, 4.69) is 0 Å². The second-order valence-corrected chi connectivity index (χ2v) is 4.18. The Hall–Kier alpha value is -1.95. The molecule has 0 spiro atoms. The van der Waals surface area contributed by atoms with E-state index in [-0.39, 0.29) is 19.1 Å². The molecule has 0 saturated carbocycles. The number of anilines is 2. The molecule has 19 heavy (non-hydrogen) atoms. The van der Waals surface area contributed by atoms with Crippen LogP contribution in [0.5, 0.6) is 5.75 Å². The van der Waals surface area contributed by atoms with Gasteiger partial charge in [0.15, 0.2) is 0 Å². The van der Waals surface area contributed by atoms with E-state index in [1.54, 1.807) is 13.2 Å². The Labute approximate surface area is 112 Å². The lowest BCUT2D eigenvalue weighted by Gasteiger charge is -2.31. The summed E-state index contributed by atoms with van der Waals surface area (Å²) in [6.07, 6.45) is 0. The van der Waals surface area contributed by atoms with E-state index in [1.165, 1.54) is 0 Å². The highest BCUT2D eigenvalue weighted by Gasteiger charge is 2.22. The molecule has 0 fully saturated rings. The van der Waals surface area contributed by atoms with E-state index in [9.17, 15) is 4.79 Å². The van der Waals surface area contributed by atoms with Gasteiger partial charge < -0.3 is 24.8 Å². The zero-order chi connectivity index (χ0) is 13.7. The van der Waals surface area contributed by atoms with Crippen LogP contribution < -0.4 is 15.4 Å². The summed E-state index contributed by atoms with van der Waals surface area (Å²) < 4.78 is 15.4. The maximum Gasteiger partial charge on any atom is 0.325 e. The summed E-state index contributed by atoms with van der Waals surface area (Å²) in [5, 5.41) is 0. The van der Waals surface area contributed by atoms with Crippen LogP contribution in [0.25, 0.3) is 0 Å². The smallest absolute Gasteiger partial charge is 0.325 e. The normalized spacial score (nSPS) is 13.6. The highest BCUT2D eigenvalue weighted by Crippen LogP contribution is 2.36. The Morgan fingerprint density at radius 2 is 2.32 bits per heavy atom. The lowest BCUT2D eigenvalue weighted by Crippen LogP contribution is -2.38. The summed E-state index contributed by atoms with van der Waals surface area (Å²) in [7, 11) is 1.56. The number of methoxy groups -OCH3 is 1. The molecule has 0 unspecified atom stereocenters. The van der Waals surface area contributed by atoms with Crippen LogP contribution >= 0.6 is 0 Å². The third-order valence-corrected chi connectivity index (χ3v) is 2.84. The number of benzene rings is 1. The summed E-state index contributed by atoms with van der Waals surface area (Å²) in [4.78, 5) is 13.6. The first-order valence-corrected chi connectivity index (χ1v) is 6.13. The number of nitrogens with two attached hydrogens (primary N) is 1. The van der Waals surface area contributed by atoms with Gasteiger partial charge in [-0.25, -0.2) is 0 Å². The maximum absolute atomic E-state index is 11.7. The van der Waals surface area contributed by atoms with E-state index in [1.807, 2.05) is 17.0 Å². The monoisotopic (exact) mass is 266 g/mol. The van der Waals surface area contributed by atoms with Crippen LogP contribution in [-0.4, -0.2) is 46.0 Å². The van der Waals surface area contributed by atoms with Crippen molar-refractivity contribution < 1.29 is 19.0 Å². The number of rotatable bonds is 5. The minimum atomic E-state index is -0.298. The first kappa shape index (κ1) is 13.5. The Bertz CT molecular complexity index is 450. The average molecular weight is 266 g/mol. The lowest BCUT2D eigenvalue weighted by molar-refractivity contribution is -0.143. The van der Waals surface area contributed by atoms with Crippen molar-refractivity contribution in [2.75, 3.05) is 50.7 Å². The Morgan fingerprint density at radius 1 is 1.47 bits per heavy atom. The van der Waals surface area contributed by atoms with Crippen molar-refractivity contribution >= 4 is 17.3 Å². The van der Waals surface area contributed by atoms with Crippen molar-refractivity contribution in [3.05, 3.63) is 18.2 Å². The third kappa shape index (κ3) is 3.29. The number of nitrogens with zero attached hydrogens (tertiary/aromatic N) is 1. The molecule has 1 heterocycles. The summed E-state index contributed by atoms with van der Waals surface area (Å²) in [5.41, 5.74) is 7.30. The van der Waals surface area contributed by atoms with Crippen molar-refractivity contribution in [1.29, 1.82) is 0 Å². The van der Waals surface area contributed by atoms with Crippen LogP contribution in [0.3, 0.4) is 0 Å². The summed E-state index contributed by atoms with van der Waals surface area (Å²) in [6, 6.07) is 5.46. The molecule has 6 heteroatoms. The number of nitrogen functional groups attached to an aromatic ring is 1. The number of carbonyl (C=O) groups excluding carboxylic acids is 1. The van der Waals surface area contributed by atoms with Crippen molar-refractivity contribution in [3.63, 3.8) is 0 Å². The van der Waals surface area contributed by atoms with Crippen molar-refractivity contribution in [1.82, 2.24) is 0 Å². The second-order valence-electron chi connectivity index (χ2n) is 4.18. The molecule has 1 aromatic carbocycles. The van der Waals surface area contributed by atoms with Gasteiger partial charge in [0.2, 0.25) is 0 Å². The molecule has 0 bridgehead atoms. The fourth-order valence-electron chi connectivity index (χ4n) is 1.97. The molecule has 0 radical (unpaired) electrons. The van der Waals surface area contributed by atoms with E-state index in [4.69, 9.17) is 19.9 Å². The van der Waals surface area contributed by atoms with Crippen LogP contribution in [0.4, 0.5) is 11.4 Å². The van der Waals surface area contributed by atoms with Crippen LogP contribution in [0, 0.1) is 0 Å². The first-order chi connectivity index (χ1) is 9.22. The van der Waals surface area contributed by atoms with E-state index in [0.717, 1.165) is 5.69 Å². The van der Waals surface area contributed by atoms with Crippen molar-refractivity contribution in [2.45, 2.75) is 0 Å². The molecule has 0 aromatic heterocycles. The third-order valence-electron chi connectivity index (χ3n) is 2.84. The standard InChI is InChI=1S/C13H18N2O4/c1-17-7-8-19-12(16)9-15-5-6-18-11-4-2-3-10(14)13(11)15/h2-4H,5-9,14H2,1H3. The van der Waals surface area contributed by atoms with Gasteiger partial charge in [0, 0.05) is 7.11 Å². The van der Waals surface area contributed by atoms with Crippen LogP contribution in [-0.2, 0) is 14.3 Å². The van der Waals surface area contributed by atoms with E-state index in [0.29, 0.717) is 31.2 Å². The van der Waals surface area contributed by atoms with Crippen LogP contribution in [0.15, 0.2) is 18.2 Å². The van der Waals surface area contributed by atoms with Gasteiger partial charge in [-0.3, -0.25) is 4.79 Å². The number of hydrogen-bond acceptors (Lipinski definition) is 6. The SMILES string of the molecule is COCCOC(=O)CN1CCOc2cccc(N)c21. The zero-order valence-electron chi connectivity index (χ0n) is 10.9. The molecular formula is C13H18N2O4. The number of ether oxygens (including phenoxy) is 3. The molecule has 0 aliphatic carbocycles. The Balaban J connectivity index is 2.01. The summed E-state index contributed by atoms with van der Waals surface area (Å²) in [6.45, 7) is 1.96. The largest absolute Gasteiger partial charge is 0.489 e. The molecule has 2 N–H and O–H groups in total. The Kier molecular flexibility index (Phi) is 4.46. The summed E-state index contributed by atoms with van der Waals surface area (Å²) in [5.74, 6) is 0.407. The maximum atomic E-state index is 11.7. The highest BCUT2D eigenvalue weighted by molar-refractivity contribution is 5.82. The van der Waals surface area contributed by atoms with E-state index < -0.39 is 0 Å². The number of carbonyl (C=O) groups is 1. The fraction of sp³-hybridized carbons (Fsp3) is 0.462. The minimum absolute atomic E-state index is 0.161. The highest BCUT2D eigenvalue weighted by atomic mass is 16.6. The summed E-state index contributed by atoms with van der Waals surface area (Å²) >= 11 is 0. The van der Waals surface area contributed by atoms with Crippen molar-refractivity contribution in [2.24, 2.45) is 0 Å². The predicted molar refractivity (Wildman–Crippen MR) is 71.4 cm³/mol. The van der Waals surface area contributed by atoms with Gasteiger partial charge in [0.25, 0.3) is 0 Å². The first-order valence-electron chi connectivity index (χ1n) is 6.13. The molecule has 0 atom stereocenters. The molecule has 1 aliphatic rings. The minimum Gasteiger partial charge on any atom is -0.489 e. The molecule has 1 aliphatic heterocycles. The predicted octanol–water partition coefficient (Wildman–Crippen LogP) is 0.657. The van der Waals surface area contributed by atoms with Gasteiger partial charge in [0.1, 0.15) is 31.2 Å². The second kappa shape index (κ2) is 6.29. The lowest BCUT2D eigenvalue weighted by atomic mass is 10.2. The Morgan fingerprint density at radius 3 is 3.11 bits per heavy atom. The topological polar surface area (TPSA) is 74.0 Å². The van der Waals surface area contributed by atoms with Gasteiger partial charge in [-0.05, 0) is 12.1 Å². The molecule has 1 aromatic rings. The fourth-order valence-corrected chi connectivity index (χ4v) is 1.97. The molecule has 104 valence electrons. The van der Waals surface area contributed by atoms with E-state index >= 15 is 0 Å². The quantitative estimate of drug-likeness (QED) is 0.479.